The van der Waals surface area contributed by atoms with Gasteiger partial charge in [-0.25, -0.2) is 14.3 Å². The number of methoxy groups -OCH3 is 1. The van der Waals surface area contributed by atoms with Crippen LogP contribution >= 0.6 is 0 Å². The van der Waals surface area contributed by atoms with Crippen molar-refractivity contribution >= 4 is 6.21 Å². The summed E-state index contributed by atoms with van der Waals surface area (Å²) in [6.07, 6.45) is 7.26. The fourth-order valence-electron chi connectivity index (χ4n) is 2.61. The van der Waals surface area contributed by atoms with Gasteiger partial charge in [-0.05, 0) is 18.6 Å². The highest BCUT2D eigenvalue weighted by Gasteiger charge is 2.16. The second kappa shape index (κ2) is 8.17. The van der Waals surface area contributed by atoms with Crippen LogP contribution < -0.4 is 16.0 Å². The molecule has 0 aliphatic carbocycles. The van der Waals surface area contributed by atoms with Gasteiger partial charge in [-0.1, -0.05) is 12.1 Å². The van der Waals surface area contributed by atoms with Crippen LogP contribution in [0.3, 0.4) is 0 Å². The van der Waals surface area contributed by atoms with Gasteiger partial charge in [0.25, 0.3) is 5.56 Å². The number of nitrogens with zero attached hydrogens (tertiary/aromatic N) is 4. The van der Waals surface area contributed by atoms with E-state index in [2.05, 4.69) is 15.0 Å². The Kier molecular flexibility index (Phi) is 5.50. The number of aryl methyl sites for hydroxylation is 1. The van der Waals surface area contributed by atoms with Crippen molar-refractivity contribution in [2.45, 2.75) is 13.0 Å². The second-order valence-corrected chi connectivity index (χ2v) is 5.69. The molecule has 2 heterocycles. The van der Waals surface area contributed by atoms with Crippen molar-refractivity contribution in [2.24, 2.45) is 4.99 Å². The molecule has 0 amide bonds. The molecule has 3 rings (SSSR count). The Morgan fingerprint density at radius 3 is 2.89 bits per heavy atom. The van der Waals surface area contributed by atoms with Gasteiger partial charge in [0.2, 0.25) is 5.88 Å². The molecule has 0 unspecified atom stereocenters. The predicted molar refractivity (Wildman–Crippen MR) is 100 cm³/mol. The Morgan fingerprint density at radius 1 is 1.33 bits per heavy atom. The molecule has 9 nitrogen and oxygen atoms in total. The van der Waals surface area contributed by atoms with Gasteiger partial charge in [-0.15, -0.1) is 0 Å². The molecular formula is C18H19N5O4. The average Bonchev–Trinajstić information content (AvgIpc) is 3.17. The minimum Gasteiger partial charge on any atom is -0.495 e. The van der Waals surface area contributed by atoms with E-state index in [1.807, 2.05) is 10.8 Å². The Morgan fingerprint density at radius 2 is 2.15 bits per heavy atom. The number of ether oxygens (including phenoxy) is 1. The predicted octanol–water partition coefficient (Wildman–Crippen LogP) is 0.946. The summed E-state index contributed by atoms with van der Waals surface area (Å²) in [5.41, 5.74) is -1.25. The average molecular weight is 369 g/mol. The van der Waals surface area contributed by atoms with Gasteiger partial charge < -0.3 is 14.4 Å². The lowest BCUT2D eigenvalue weighted by Crippen LogP contribution is -2.31. The molecule has 0 fully saturated rings. The highest BCUT2D eigenvalue weighted by molar-refractivity contribution is 5.82. The number of rotatable bonds is 7. The summed E-state index contributed by atoms with van der Waals surface area (Å²) in [6.45, 7) is 1.19. The van der Waals surface area contributed by atoms with E-state index in [9.17, 15) is 14.7 Å². The van der Waals surface area contributed by atoms with Crippen molar-refractivity contribution in [1.82, 2.24) is 19.1 Å². The van der Waals surface area contributed by atoms with E-state index >= 15 is 0 Å². The minimum absolute atomic E-state index is 0.0943. The normalized spacial score (nSPS) is 11.1. The van der Waals surface area contributed by atoms with Gasteiger partial charge in [-0.2, -0.15) is 0 Å². The van der Waals surface area contributed by atoms with Crippen molar-refractivity contribution < 1.29 is 9.84 Å². The van der Waals surface area contributed by atoms with Crippen LogP contribution in [0.1, 0.15) is 12.0 Å². The lowest BCUT2D eigenvalue weighted by atomic mass is 10.2. The van der Waals surface area contributed by atoms with E-state index < -0.39 is 17.1 Å². The summed E-state index contributed by atoms with van der Waals surface area (Å²) in [5, 5.41) is 10.5. The molecule has 0 aliphatic rings. The zero-order valence-electron chi connectivity index (χ0n) is 14.7. The van der Waals surface area contributed by atoms with Crippen molar-refractivity contribution in [3.8, 4) is 17.3 Å². The maximum absolute atomic E-state index is 12.2. The summed E-state index contributed by atoms with van der Waals surface area (Å²) < 4.78 is 8.12. The first-order valence-corrected chi connectivity index (χ1v) is 8.29. The Balaban J connectivity index is 1.87. The number of hydrogen-bond donors (Lipinski definition) is 2. The molecule has 0 atom stereocenters. The molecule has 140 valence electrons. The maximum Gasteiger partial charge on any atom is 0.335 e. The smallest absolute Gasteiger partial charge is 0.335 e. The van der Waals surface area contributed by atoms with Gasteiger partial charge >= 0.3 is 5.69 Å². The van der Waals surface area contributed by atoms with E-state index in [0.717, 1.165) is 17.5 Å². The van der Waals surface area contributed by atoms with Crippen LogP contribution in [0.5, 0.6) is 11.6 Å². The fourth-order valence-corrected chi connectivity index (χ4v) is 2.61. The summed E-state index contributed by atoms with van der Waals surface area (Å²) in [4.78, 5) is 34.6. The lowest BCUT2D eigenvalue weighted by molar-refractivity contribution is 0.401. The zero-order chi connectivity index (χ0) is 19.2. The van der Waals surface area contributed by atoms with Gasteiger partial charge in [-0.3, -0.25) is 14.8 Å². The van der Waals surface area contributed by atoms with E-state index in [4.69, 9.17) is 4.74 Å². The molecule has 0 aliphatic heterocycles. The first-order chi connectivity index (χ1) is 13.1. The molecule has 0 bridgehead atoms. The first-order valence-electron chi connectivity index (χ1n) is 8.29. The van der Waals surface area contributed by atoms with E-state index in [1.165, 1.54) is 13.3 Å². The Labute approximate surface area is 154 Å². The number of aromatic amines is 1. The van der Waals surface area contributed by atoms with Crippen molar-refractivity contribution in [3.05, 3.63) is 69.4 Å². The molecular weight excluding hydrogens is 350 g/mol. The molecule has 0 radical (unpaired) electrons. The number of aliphatic imine (C=N–C) groups is 1. The quantitative estimate of drug-likeness (QED) is 0.475. The third-order valence-corrected chi connectivity index (χ3v) is 3.93. The first kappa shape index (κ1) is 18.2. The Hall–Kier alpha value is -3.62. The van der Waals surface area contributed by atoms with Crippen LogP contribution in [0.25, 0.3) is 5.69 Å². The molecule has 3 aromatic rings. The number of hydrogen-bond acceptors (Lipinski definition) is 6. The fraction of sp³-hybridized carbons (Fsp3) is 0.222. The van der Waals surface area contributed by atoms with Gasteiger partial charge in [0, 0.05) is 31.7 Å². The number of aromatic hydroxyl groups is 1. The molecule has 1 aromatic carbocycles. The summed E-state index contributed by atoms with van der Waals surface area (Å²) in [5.74, 6) is -0.114. The van der Waals surface area contributed by atoms with Crippen molar-refractivity contribution in [1.29, 1.82) is 0 Å². The standard InChI is InChI=1S/C18H19N5O4/c1-27-15-6-3-2-5-14(15)23-17(25)13(16(24)21-18(23)26)11-19-7-4-9-22-10-8-20-12-22/h2-3,5-6,8,10-12,25H,4,7,9H2,1H3,(H,21,24,26). The third kappa shape index (κ3) is 3.97. The van der Waals surface area contributed by atoms with E-state index in [0.29, 0.717) is 18.0 Å². The van der Waals surface area contributed by atoms with E-state index in [1.54, 1.807) is 36.8 Å². The SMILES string of the molecule is COc1ccccc1-n1c(O)c(C=NCCCn2ccnc2)c(=O)[nH]c1=O. The minimum atomic E-state index is -0.765. The van der Waals surface area contributed by atoms with Crippen molar-refractivity contribution in [2.75, 3.05) is 13.7 Å². The van der Waals surface area contributed by atoms with Crippen molar-refractivity contribution in [3.63, 3.8) is 0 Å². The van der Waals surface area contributed by atoms with Gasteiger partial charge in [0.15, 0.2) is 0 Å². The van der Waals surface area contributed by atoms with E-state index in [-0.39, 0.29) is 5.56 Å². The summed E-state index contributed by atoms with van der Waals surface area (Å²) in [7, 11) is 1.45. The number of nitrogens with one attached hydrogen (secondary N) is 1. The molecule has 2 aromatic heterocycles. The van der Waals surface area contributed by atoms with Gasteiger partial charge in [0.05, 0.1) is 19.1 Å². The zero-order valence-corrected chi connectivity index (χ0v) is 14.7. The monoisotopic (exact) mass is 369 g/mol. The molecule has 0 saturated heterocycles. The molecule has 2 N–H and O–H groups in total. The Bertz CT molecular complexity index is 1050. The maximum atomic E-state index is 12.2. The molecule has 0 spiro atoms. The highest BCUT2D eigenvalue weighted by Crippen LogP contribution is 2.24. The number of para-hydroxylation sites is 2. The number of H-pyrrole nitrogens is 1. The highest BCUT2D eigenvalue weighted by atomic mass is 16.5. The summed E-state index contributed by atoms with van der Waals surface area (Å²) >= 11 is 0. The van der Waals surface area contributed by atoms with Gasteiger partial charge in [0.1, 0.15) is 11.3 Å². The molecule has 27 heavy (non-hydrogen) atoms. The number of benzene rings is 1. The molecule has 0 saturated carbocycles. The van der Waals surface area contributed by atoms with Crippen LogP contribution in [0, 0.1) is 0 Å². The van der Waals surface area contributed by atoms with Crippen LogP contribution in [-0.2, 0) is 6.54 Å². The van der Waals surface area contributed by atoms with Crippen LogP contribution in [0.2, 0.25) is 0 Å². The summed E-state index contributed by atoms with van der Waals surface area (Å²) in [6, 6.07) is 6.68. The third-order valence-electron chi connectivity index (χ3n) is 3.93. The largest absolute Gasteiger partial charge is 0.495 e. The van der Waals surface area contributed by atoms with Crippen LogP contribution in [0.4, 0.5) is 0 Å². The second-order valence-electron chi connectivity index (χ2n) is 5.69. The lowest BCUT2D eigenvalue weighted by Gasteiger charge is -2.12. The topological polar surface area (TPSA) is 114 Å². The molecule has 9 heteroatoms. The van der Waals surface area contributed by atoms with Crippen LogP contribution in [0.15, 0.2) is 57.6 Å². The number of aromatic nitrogens is 4. The van der Waals surface area contributed by atoms with Crippen LogP contribution in [-0.4, -0.2) is 44.1 Å². The number of imidazole rings is 1.